The molecule has 2 unspecified atom stereocenters. The first-order chi connectivity index (χ1) is 9.28. The second-order valence-electron chi connectivity index (χ2n) is 6.23. The lowest BCUT2D eigenvalue weighted by Crippen LogP contribution is -2.51. The summed E-state index contributed by atoms with van der Waals surface area (Å²) in [6.07, 6.45) is 6.35. The second kappa shape index (κ2) is 7.58. The van der Waals surface area contributed by atoms with Crippen molar-refractivity contribution in [1.29, 1.82) is 0 Å². The molecule has 0 spiro atoms. The Balaban J connectivity index is 1.83. The number of hydrogen-bond acceptors (Lipinski definition) is 4. The first-order valence-electron chi connectivity index (χ1n) is 7.90. The third-order valence-corrected chi connectivity index (χ3v) is 4.42. The van der Waals surface area contributed by atoms with Crippen molar-refractivity contribution >= 4 is 0 Å². The molecule has 0 amide bonds. The standard InChI is InChI=1S/C15H30N2O2/c1-2-8-19-14-5-3-7-17(10-14)12-15(11-16)6-4-9-18-13-15/h14H,2-13,16H2,1H3. The lowest BCUT2D eigenvalue weighted by atomic mass is 9.81. The first-order valence-corrected chi connectivity index (χ1v) is 7.90. The average molecular weight is 270 g/mol. The topological polar surface area (TPSA) is 47.7 Å². The molecule has 2 aliphatic heterocycles. The summed E-state index contributed by atoms with van der Waals surface area (Å²) in [7, 11) is 0. The van der Waals surface area contributed by atoms with Crippen molar-refractivity contribution in [2.75, 3.05) is 46.0 Å². The maximum atomic E-state index is 6.03. The molecule has 2 saturated heterocycles. The van der Waals surface area contributed by atoms with E-state index in [1.807, 2.05) is 0 Å². The van der Waals surface area contributed by atoms with Gasteiger partial charge in [-0.05, 0) is 38.6 Å². The molecular formula is C15H30N2O2. The van der Waals surface area contributed by atoms with E-state index in [1.165, 1.54) is 25.8 Å². The van der Waals surface area contributed by atoms with Crippen LogP contribution in [0.2, 0.25) is 0 Å². The smallest absolute Gasteiger partial charge is 0.0702 e. The Labute approximate surface area is 117 Å². The molecule has 2 heterocycles. The van der Waals surface area contributed by atoms with Crippen molar-refractivity contribution in [1.82, 2.24) is 4.90 Å². The summed E-state index contributed by atoms with van der Waals surface area (Å²) in [6, 6.07) is 0. The Bertz CT molecular complexity index is 255. The van der Waals surface area contributed by atoms with Gasteiger partial charge in [0.05, 0.1) is 12.7 Å². The zero-order valence-corrected chi connectivity index (χ0v) is 12.4. The molecular weight excluding hydrogens is 240 g/mol. The Kier molecular flexibility index (Phi) is 6.07. The van der Waals surface area contributed by atoms with Crippen LogP contribution in [-0.4, -0.2) is 57.0 Å². The second-order valence-corrected chi connectivity index (χ2v) is 6.23. The van der Waals surface area contributed by atoms with Gasteiger partial charge in [0.1, 0.15) is 0 Å². The summed E-state index contributed by atoms with van der Waals surface area (Å²) in [4.78, 5) is 2.55. The van der Waals surface area contributed by atoms with Crippen LogP contribution in [0.1, 0.15) is 39.0 Å². The van der Waals surface area contributed by atoms with Crippen molar-refractivity contribution in [2.24, 2.45) is 11.1 Å². The first kappa shape index (κ1) is 15.2. The Morgan fingerprint density at radius 2 is 2.32 bits per heavy atom. The number of rotatable bonds is 6. The van der Waals surface area contributed by atoms with Gasteiger partial charge in [0.15, 0.2) is 0 Å². The minimum absolute atomic E-state index is 0.185. The average Bonchev–Trinajstić information content (AvgIpc) is 2.46. The molecule has 0 aromatic rings. The summed E-state index contributed by atoms with van der Waals surface area (Å²) >= 11 is 0. The van der Waals surface area contributed by atoms with Gasteiger partial charge in [0.25, 0.3) is 0 Å². The lowest BCUT2D eigenvalue weighted by molar-refractivity contribution is -0.0474. The summed E-state index contributed by atoms with van der Waals surface area (Å²) in [6.45, 7) is 8.88. The van der Waals surface area contributed by atoms with Crippen molar-refractivity contribution in [3.63, 3.8) is 0 Å². The molecule has 19 heavy (non-hydrogen) atoms. The van der Waals surface area contributed by atoms with E-state index in [0.717, 1.165) is 52.3 Å². The molecule has 0 aromatic heterocycles. The van der Waals surface area contributed by atoms with Crippen LogP contribution in [0.15, 0.2) is 0 Å². The molecule has 2 aliphatic rings. The summed E-state index contributed by atoms with van der Waals surface area (Å²) in [5.74, 6) is 0. The molecule has 4 heteroatoms. The molecule has 0 aliphatic carbocycles. The highest BCUT2D eigenvalue weighted by atomic mass is 16.5. The summed E-state index contributed by atoms with van der Waals surface area (Å²) in [5.41, 5.74) is 6.22. The van der Waals surface area contributed by atoms with Gasteiger partial charge in [0.2, 0.25) is 0 Å². The molecule has 2 rings (SSSR count). The van der Waals surface area contributed by atoms with Gasteiger partial charge in [-0.15, -0.1) is 0 Å². The highest BCUT2D eigenvalue weighted by Crippen LogP contribution is 2.29. The maximum absolute atomic E-state index is 6.03. The van der Waals surface area contributed by atoms with Crippen LogP contribution in [0.4, 0.5) is 0 Å². The highest BCUT2D eigenvalue weighted by molar-refractivity contribution is 4.88. The van der Waals surface area contributed by atoms with Crippen molar-refractivity contribution in [3.05, 3.63) is 0 Å². The fraction of sp³-hybridized carbons (Fsp3) is 1.00. The van der Waals surface area contributed by atoms with E-state index in [0.29, 0.717) is 6.10 Å². The zero-order chi connectivity index (χ0) is 13.6. The van der Waals surface area contributed by atoms with Crippen molar-refractivity contribution in [2.45, 2.75) is 45.1 Å². The number of piperidine rings is 1. The van der Waals surface area contributed by atoms with E-state index in [9.17, 15) is 0 Å². The summed E-state index contributed by atoms with van der Waals surface area (Å²) in [5, 5.41) is 0. The molecule has 0 bridgehead atoms. The fourth-order valence-corrected chi connectivity index (χ4v) is 3.31. The number of nitrogens with two attached hydrogens (primary N) is 1. The molecule has 0 radical (unpaired) electrons. The normalized spacial score (nSPS) is 33.5. The summed E-state index contributed by atoms with van der Waals surface area (Å²) < 4.78 is 11.6. The van der Waals surface area contributed by atoms with Gasteiger partial charge in [0, 0.05) is 38.3 Å². The molecule has 2 fully saturated rings. The Hall–Kier alpha value is -0.160. The Morgan fingerprint density at radius 3 is 3.00 bits per heavy atom. The maximum Gasteiger partial charge on any atom is 0.0702 e. The van der Waals surface area contributed by atoms with Crippen LogP contribution in [-0.2, 0) is 9.47 Å². The van der Waals surface area contributed by atoms with Crippen LogP contribution in [0.5, 0.6) is 0 Å². The molecule has 0 saturated carbocycles. The van der Waals surface area contributed by atoms with E-state index in [-0.39, 0.29) is 5.41 Å². The molecule has 2 atom stereocenters. The van der Waals surface area contributed by atoms with Crippen LogP contribution in [0.25, 0.3) is 0 Å². The van der Waals surface area contributed by atoms with Crippen molar-refractivity contribution in [3.8, 4) is 0 Å². The lowest BCUT2D eigenvalue weighted by Gasteiger charge is -2.42. The number of likely N-dealkylation sites (tertiary alicyclic amines) is 1. The van der Waals surface area contributed by atoms with Crippen LogP contribution >= 0.6 is 0 Å². The third kappa shape index (κ3) is 4.42. The highest BCUT2D eigenvalue weighted by Gasteiger charge is 2.35. The SMILES string of the molecule is CCCOC1CCCN(CC2(CN)CCCOC2)C1. The molecule has 112 valence electrons. The quantitative estimate of drug-likeness (QED) is 0.797. The van der Waals surface area contributed by atoms with E-state index in [2.05, 4.69) is 11.8 Å². The van der Waals surface area contributed by atoms with Gasteiger partial charge < -0.3 is 20.1 Å². The van der Waals surface area contributed by atoms with Gasteiger partial charge in [-0.25, -0.2) is 0 Å². The van der Waals surface area contributed by atoms with E-state index >= 15 is 0 Å². The molecule has 2 N–H and O–H groups in total. The Morgan fingerprint density at radius 1 is 1.42 bits per heavy atom. The largest absolute Gasteiger partial charge is 0.381 e. The fourth-order valence-electron chi connectivity index (χ4n) is 3.31. The molecule has 4 nitrogen and oxygen atoms in total. The number of ether oxygens (including phenoxy) is 2. The van der Waals surface area contributed by atoms with Crippen molar-refractivity contribution < 1.29 is 9.47 Å². The zero-order valence-electron chi connectivity index (χ0n) is 12.4. The van der Waals surface area contributed by atoms with Crippen LogP contribution in [0, 0.1) is 5.41 Å². The predicted octanol–water partition coefficient (Wildman–Crippen LogP) is 1.63. The number of nitrogens with zero attached hydrogens (tertiary/aromatic N) is 1. The third-order valence-electron chi connectivity index (χ3n) is 4.42. The van der Waals surface area contributed by atoms with Crippen LogP contribution < -0.4 is 5.73 Å². The van der Waals surface area contributed by atoms with E-state index in [1.54, 1.807) is 0 Å². The van der Waals surface area contributed by atoms with Gasteiger partial charge in [-0.3, -0.25) is 0 Å². The number of hydrogen-bond donors (Lipinski definition) is 1. The molecule has 0 aromatic carbocycles. The van der Waals surface area contributed by atoms with E-state index < -0.39 is 0 Å². The van der Waals surface area contributed by atoms with Crippen LogP contribution in [0.3, 0.4) is 0 Å². The van der Waals surface area contributed by atoms with E-state index in [4.69, 9.17) is 15.2 Å². The van der Waals surface area contributed by atoms with Gasteiger partial charge in [-0.2, -0.15) is 0 Å². The predicted molar refractivity (Wildman–Crippen MR) is 77.2 cm³/mol. The monoisotopic (exact) mass is 270 g/mol. The van der Waals surface area contributed by atoms with Gasteiger partial charge in [-0.1, -0.05) is 6.92 Å². The minimum atomic E-state index is 0.185. The van der Waals surface area contributed by atoms with Gasteiger partial charge >= 0.3 is 0 Å². The minimum Gasteiger partial charge on any atom is -0.381 e.